The van der Waals surface area contributed by atoms with Crippen molar-refractivity contribution in [1.29, 1.82) is 0 Å². The quantitative estimate of drug-likeness (QED) is 0.590. The number of hydrogen-bond acceptors (Lipinski definition) is 5. The number of carbonyl (C=O) groups is 2. The number of Topliss-reactive ketones (excluding diaryl/α,β-unsaturated/α-hetero) is 2. The molecule has 1 aliphatic heterocycles. The first kappa shape index (κ1) is 17.7. The molecule has 2 atom stereocenters. The summed E-state index contributed by atoms with van der Waals surface area (Å²) in [6.07, 6.45) is 4.17. The van der Waals surface area contributed by atoms with Crippen LogP contribution in [0.4, 0.5) is 0 Å². The third kappa shape index (κ3) is 3.60. The van der Waals surface area contributed by atoms with Crippen molar-refractivity contribution < 1.29 is 14.3 Å². The molecule has 1 aliphatic carbocycles. The minimum absolute atomic E-state index is 0.127. The number of methoxy groups -OCH3 is 1. The van der Waals surface area contributed by atoms with Gasteiger partial charge in [-0.15, -0.1) is 11.8 Å². The molecule has 0 bridgehead atoms. The second kappa shape index (κ2) is 7.42. The van der Waals surface area contributed by atoms with Gasteiger partial charge < -0.3 is 10.5 Å². The van der Waals surface area contributed by atoms with Crippen LogP contribution < -0.4 is 10.5 Å². The van der Waals surface area contributed by atoms with E-state index in [1.54, 1.807) is 37.1 Å². The van der Waals surface area contributed by atoms with Gasteiger partial charge in [0.15, 0.2) is 11.6 Å². The highest BCUT2D eigenvalue weighted by Crippen LogP contribution is 2.44. The summed E-state index contributed by atoms with van der Waals surface area (Å²) < 4.78 is 5.93. The number of ketones is 2. The van der Waals surface area contributed by atoms with E-state index in [0.29, 0.717) is 22.1 Å². The van der Waals surface area contributed by atoms with Crippen LogP contribution in [0.5, 0.6) is 5.75 Å². The molecule has 0 amide bonds. The lowest BCUT2D eigenvalue weighted by Gasteiger charge is -2.19. The Morgan fingerprint density at radius 1 is 1.29 bits per heavy atom. The second-order valence-electron chi connectivity index (χ2n) is 6.13. The van der Waals surface area contributed by atoms with Crippen molar-refractivity contribution in [3.05, 3.63) is 39.4 Å². The largest absolute Gasteiger partial charge is 0.497 e. The highest BCUT2D eigenvalue weighted by atomic mass is 79.9. The van der Waals surface area contributed by atoms with E-state index in [9.17, 15) is 9.59 Å². The maximum Gasteiger partial charge on any atom is 0.170 e. The second-order valence-corrected chi connectivity index (χ2v) is 8.40. The van der Waals surface area contributed by atoms with Crippen LogP contribution in [-0.4, -0.2) is 29.3 Å². The molecular weight excluding hydrogens is 390 g/mol. The van der Waals surface area contributed by atoms with Gasteiger partial charge in [0.2, 0.25) is 0 Å². The van der Waals surface area contributed by atoms with Gasteiger partial charge in [0, 0.05) is 20.9 Å². The molecule has 2 unspecified atom stereocenters. The van der Waals surface area contributed by atoms with Gasteiger partial charge in [0.05, 0.1) is 18.9 Å². The molecule has 3 rings (SSSR count). The van der Waals surface area contributed by atoms with Crippen LogP contribution in [-0.2, 0) is 4.79 Å². The average molecular weight is 410 g/mol. The number of fused-ring (bicyclic) bond motifs is 1. The minimum Gasteiger partial charge on any atom is -0.497 e. The molecule has 0 saturated heterocycles. The van der Waals surface area contributed by atoms with E-state index < -0.39 is 0 Å². The number of rotatable bonds is 5. The Morgan fingerprint density at radius 2 is 2.08 bits per heavy atom. The van der Waals surface area contributed by atoms with E-state index in [4.69, 9.17) is 10.5 Å². The molecule has 1 saturated carbocycles. The molecule has 6 heteroatoms. The van der Waals surface area contributed by atoms with Gasteiger partial charge in [-0.05, 0) is 43.0 Å². The van der Waals surface area contributed by atoms with E-state index in [0.717, 1.165) is 23.7 Å². The number of hydrogen-bond donors (Lipinski definition) is 1. The molecule has 24 heavy (non-hydrogen) atoms. The summed E-state index contributed by atoms with van der Waals surface area (Å²) in [6, 6.07) is 5.15. The van der Waals surface area contributed by atoms with E-state index in [-0.39, 0.29) is 23.4 Å². The number of ether oxygens (including phenoxy) is 1. The first-order valence-electron chi connectivity index (χ1n) is 8.04. The summed E-state index contributed by atoms with van der Waals surface area (Å²) in [5.41, 5.74) is 8.52. The first-order chi connectivity index (χ1) is 11.5. The third-order valence-electron chi connectivity index (χ3n) is 4.54. The van der Waals surface area contributed by atoms with Crippen molar-refractivity contribution in [3.63, 3.8) is 0 Å². The van der Waals surface area contributed by atoms with Crippen LogP contribution in [0, 0.1) is 0 Å². The van der Waals surface area contributed by atoms with E-state index in [1.165, 1.54) is 12.0 Å². The summed E-state index contributed by atoms with van der Waals surface area (Å²) in [6.45, 7) is 0. The summed E-state index contributed by atoms with van der Waals surface area (Å²) >= 11 is 5.02. The smallest absolute Gasteiger partial charge is 0.170 e. The van der Waals surface area contributed by atoms with Crippen LogP contribution in [0.2, 0.25) is 0 Å². The number of thioether (sulfide) groups is 1. The zero-order chi connectivity index (χ0) is 17.3. The van der Waals surface area contributed by atoms with Crippen LogP contribution in [0.3, 0.4) is 0 Å². The van der Waals surface area contributed by atoms with Crippen molar-refractivity contribution in [2.45, 2.75) is 42.7 Å². The molecule has 1 fully saturated rings. The molecule has 0 radical (unpaired) electrons. The lowest BCUT2D eigenvalue weighted by molar-refractivity contribution is -0.114. The Hall–Kier alpha value is -1.11. The van der Waals surface area contributed by atoms with Gasteiger partial charge in [0.1, 0.15) is 5.75 Å². The maximum atomic E-state index is 12.7. The summed E-state index contributed by atoms with van der Waals surface area (Å²) in [5, 5.41) is 0.0780. The molecule has 1 aromatic carbocycles. The molecule has 0 spiro atoms. The SMILES string of the molecule is COc1cc(Br)cc(C(=O)CC(=O)C2=C3CCCCC3SC2N)c1. The lowest BCUT2D eigenvalue weighted by atomic mass is 9.88. The van der Waals surface area contributed by atoms with Gasteiger partial charge in [-0.3, -0.25) is 9.59 Å². The Bertz CT molecular complexity index is 716. The molecule has 4 nitrogen and oxygen atoms in total. The van der Waals surface area contributed by atoms with Crippen LogP contribution in [0.15, 0.2) is 33.8 Å². The van der Waals surface area contributed by atoms with Crippen LogP contribution in [0.25, 0.3) is 0 Å². The summed E-state index contributed by atoms with van der Waals surface area (Å²) in [5.74, 6) is 0.255. The lowest BCUT2D eigenvalue weighted by Crippen LogP contribution is -2.23. The molecular formula is C18H20BrNO3S. The van der Waals surface area contributed by atoms with E-state index >= 15 is 0 Å². The predicted octanol–water partition coefficient (Wildman–Crippen LogP) is 3.87. The van der Waals surface area contributed by atoms with E-state index in [2.05, 4.69) is 15.9 Å². The topological polar surface area (TPSA) is 69.4 Å². The highest BCUT2D eigenvalue weighted by Gasteiger charge is 2.37. The molecule has 128 valence electrons. The molecule has 1 aromatic rings. The van der Waals surface area contributed by atoms with Gasteiger partial charge in [0.25, 0.3) is 0 Å². The van der Waals surface area contributed by atoms with Gasteiger partial charge in [-0.2, -0.15) is 0 Å². The standard InChI is InChI=1S/C18H20BrNO3S/c1-23-12-7-10(6-11(19)8-12)14(21)9-15(22)17-13-4-2-3-5-16(13)24-18(17)20/h6-8,16,18H,2-5,9,20H2,1H3. The number of halogens is 1. The number of benzene rings is 1. The fraction of sp³-hybridized carbons (Fsp3) is 0.444. The van der Waals surface area contributed by atoms with Gasteiger partial charge >= 0.3 is 0 Å². The Labute approximate surface area is 154 Å². The Balaban J connectivity index is 1.79. The predicted molar refractivity (Wildman–Crippen MR) is 99.5 cm³/mol. The van der Waals surface area contributed by atoms with Crippen molar-refractivity contribution in [2.75, 3.05) is 7.11 Å². The fourth-order valence-electron chi connectivity index (χ4n) is 3.39. The van der Waals surface area contributed by atoms with Crippen LogP contribution in [0.1, 0.15) is 42.5 Å². The fourth-order valence-corrected chi connectivity index (χ4v) is 5.35. The van der Waals surface area contributed by atoms with Crippen molar-refractivity contribution in [3.8, 4) is 5.75 Å². The Kier molecular flexibility index (Phi) is 5.47. The zero-order valence-electron chi connectivity index (χ0n) is 13.5. The molecule has 0 aromatic heterocycles. The molecule has 2 aliphatic rings. The van der Waals surface area contributed by atoms with Gasteiger partial charge in [-0.1, -0.05) is 22.4 Å². The van der Waals surface area contributed by atoms with Crippen molar-refractivity contribution in [2.24, 2.45) is 5.73 Å². The maximum absolute atomic E-state index is 12.7. The van der Waals surface area contributed by atoms with Crippen molar-refractivity contribution in [1.82, 2.24) is 0 Å². The summed E-state index contributed by atoms with van der Waals surface area (Å²) in [4.78, 5) is 25.3. The monoisotopic (exact) mass is 409 g/mol. The Morgan fingerprint density at radius 3 is 2.83 bits per heavy atom. The van der Waals surface area contributed by atoms with Crippen molar-refractivity contribution >= 4 is 39.3 Å². The average Bonchev–Trinajstić information content (AvgIpc) is 2.89. The first-order valence-corrected chi connectivity index (χ1v) is 9.78. The molecule has 2 N–H and O–H groups in total. The summed E-state index contributed by atoms with van der Waals surface area (Å²) in [7, 11) is 1.55. The van der Waals surface area contributed by atoms with Crippen LogP contribution >= 0.6 is 27.7 Å². The number of nitrogens with two attached hydrogens (primary N) is 1. The van der Waals surface area contributed by atoms with Gasteiger partial charge in [-0.25, -0.2) is 0 Å². The zero-order valence-corrected chi connectivity index (χ0v) is 15.9. The highest BCUT2D eigenvalue weighted by molar-refractivity contribution is 9.10. The molecule has 1 heterocycles. The normalized spacial score (nSPS) is 23.1. The number of carbonyl (C=O) groups excluding carboxylic acids is 2. The van der Waals surface area contributed by atoms with E-state index in [1.807, 2.05) is 0 Å². The minimum atomic E-state index is -0.291. The third-order valence-corrected chi connectivity index (χ3v) is 6.38.